The van der Waals surface area contributed by atoms with Gasteiger partial charge in [-0.1, -0.05) is 11.6 Å². The predicted molar refractivity (Wildman–Crippen MR) is 69.3 cm³/mol. The quantitative estimate of drug-likeness (QED) is 0.800. The SMILES string of the molecule is COc1c(C)cc(Cl)cc1CN(C)C(C)C. The van der Waals surface area contributed by atoms with Crippen molar-refractivity contribution in [2.45, 2.75) is 33.4 Å². The van der Waals surface area contributed by atoms with E-state index in [2.05, 4.69) is 25.8 Å². The largest absolute Gasteiger partial charge is 0.496 e. The molecule has 0 aromatic heterocycles. The van der Waals surface area contributed by atoms with Crippen molar-refractivity contribution in [3.8, 4) is 5.75 Å². The standard InChI is InChI=1S/C13H20ClNO/c1-9(2)15(4)8-11-7-12(14)6-10(3)13(11)16-5/h6-7,9H,8H2,1-5H3. The minimum absolute atomic E-state index is 0.504. The first kappa shape index (κ1) is 13.3. The lowest BCUT2D eigenvalue weighted by Gasteiger charge is -2.23. The molecule has 0 saturated carbocycles. The molecule has 0 N–H and O–H groups in total. The second kappa shape index (κ2) is 5.55. The van der Waals surface area contributed by atoms with Gasteiger partial charge in [0.2, 0.25) is 0 Å². The van der Waals surface area contributed by atoms with Crippen molar-refractivity contribution in [1.82, 2.24) is 4.90 Å². The Balaban J connectivity index is 3.02. The van der Waals surface area contributed by atoms with Crippen LogP contribution in [0.25, 0.3) is 0 Å². The summed E-state index contributed by atoms with van der Waals surface area (Å²) in [6.45, 7) is 7.21. The number of benzene rings is 1. The van der Waals surface area contributed by atoms with Crippen molar-refractivity contribution in [2.24, 2.45) is 0 Å². The van der Waals surface area contributed by atoms with Crippen LogP contribution in [-0.4, -0.2) is 25.1 Å². The number of hydrogen-bond donors (Lipinski definition) is 0. The van der Waals surface area contributed by atoms with Gasteiger partial charge in [-0.2, -0.15) is 0 Å². The van der Waals surface area contributed by atoms with Crippen LogP contribution >= 0.6 is 11.6 Å². The van der Waals surface area contributed by atoms with Crippen LogP contribution in [0.15, 0.2) is 12.1 Å². The van der Waals surface area contributed by atoms with Gasteiger partial charge in [0.25, 0.3) is 0 Å². The normalized spacial score (nSPS) is 11.2. The minimum atomic E-state index is 0.504. The molecule has 3 heteroatoms. The fraction of sp³-hybridized carbons (Fsp3) is 0.538. The van der Waals surface area contributed by atoms with E-state index in [4.69, 9.17) is 16.3 Å². The zero-order valence-electron chi connectivity index (χ0n) is 10.7. The van der Waals surface area contributed by atoms with Crippen LogP contribution in [0.5, 0.6) is 5.75 Å². The summed E-state index contributed by atoms with van der Waals surface area (Å²) in [6.07, 6.45) is 0. The van der Waals surface area contributed by atoms with Crippen molar-refractivity contribution in [3.05, 3.63) is 28.3 Å². The van der Waals surface area contributed by atoms with E-state index in [0.717, 1.165) is 28.4 Å². The Kier molecular flexibility index (Phi) is 4.63. The van der Waals surface area contributed by atoms with E-state index in [1.165, 1.54) is 0 Å². The van der Waals surface area contributed by atoms with Gasteiger partial charge in [-0.15, -0.1) is 0 Å². The molecular weight excluding hydrogens is 222 g/mol. The molecule has 1 aromatic carbocycles. The maximum Gasteiger partial charge on any atom is 0.126 e. The van der Waals surface area contributed by atoms with Crippen LogP contribution < -0.4 is 4.74 Å². The molecule has 0 aliphatic rings. The Hall–Kier alpha value is -0.730. The zero-order chi connectivity index (χ0) is 12.3. The molecular formula is C13H20ClNO. The lowest BCUT2D eigenvalue weighted by molar-refractivity contribution is 0.261. The van der Waals surface area contributed by atoms with E-state index in [1.54, 1.807) is 7.11 Å². The number of rotatable bonds is 4. The molecule has 16 heavy (non-hydrogen) atoms. The van der Waals surface area contributed by atoms with E-state index in [9.17, 15) is 0 Å². The fourth-order valence-corrected chi connectivity index (χ4v) is 1.96. The Morgan fingerprint density at radius 1 is 1.38 bits per heavy atom. The first-order valence-corrected chi connectivity index (χ1v) is 5.86. The number of methoxy groups -OCH3 is 1. The average molecular weight is 242 g/mol. The Morgan fingerprint density at radius 3 is 2.50 bits per heavy atom. The summed E-state index contributed by atoms with van der Waals surface area (Å²) in [5.41, 5.74) is 2.23. The third kappa shape index (κ3) is 3.13. The first-order valence-electron chi connectivity index (χ1n) is 5.49. The van der Waals surface area contributed by atoms with Crippen molar-refractivity contribution in [1.29, 1.82) is 0 Å². The Bertz CT molecular complexity index is 363. The number of halogens is 1. The lowest BCUT2D eigenvalue weighted by atomic mass is 10.1. The van der Waals surface area contributed by atoms with Gasteiger partial charge < -0.3 is 4.74 Å². The minimum Gasteiger partial charge on any atom is -0.496 e. The second-order valence-corrected chi connectivity index (χ2v) is 4.86. The van der Waals surface area contributed by atoms with Crippen LogP contribution in [0.3, 0.4) is 0 Å². The van der Waals surface area contributed by atoms with Gasteiger partial charge in [-0.3, -0.25) is 4.90 Å². The number of hydrogen-bond acceptors (Lipinski definition) is 2. The highest BCUT2D eigenvalue weighted by Crippen LogP contribution is 2.28. The molecule has 1 rings (SSSR count). The van der Waals surface area contributed by atoms with Crippen LogP contribution in [0, 0.1) is 6.92 Å². The van der Waals surface area contributed by atoms with Gasteiger partial charge in [-0.05, 0) is 45.5 Å². The van der Waals surface area contributed by atoms with Gasteiger partial charge in [0, 0.05) is 23.2 Å². The van der Waals surface area contributed by atoms with Crippen molar-refractivity contribution >= 4 is 11.6 Å². The third-order valence-electron chi connectivity index (χ3n) is 2.82. The molecule has 0 aliphatic heterocycles. The first-order chi connectivity index (χ1) is 7.45. The summed E-state index contributed by atoms with van der Waals surface area (Å²) in [7, 11) is 3.80. The van der Waals surface area contributed by atoms with Crippen LogP contribution in [0.1, 0.15) is 25.0 Å². The molecule has 0 unspecified atom stereocenters. The molecule has 0 fully saturated rings. The Labute approximate surface area is 103 Å². The monoisotopic (exact) mass is 241 g/mol. The van der Waals surface area contributed by atoms with Crippen molar-refractivity contribution in [3.63, 3.8) is 0 Å². The van der Waals surface area contributed by atoms with Crippen molar-refractivity contribution < 1.29 is 4.74 Å². The van der Waals surface area contributed by atoms with E-state index >= 15 is 0 Å². The topological polar surface area (TPSA) is 12.5 Å². The smallest absolute Gasteiger partial charge is 0.126 e. The lowest BCUT2D eigenvalue weighted by Crippen LogP contribution is -2.25. The second-order valence-electron chi connectivity index (χ2n) is 4.42. The summed E-state index contributed by atoms with van der Waals surface area (Å²) in [5.74, 6) is 0.942. The molecule has 0 atom stereocenters. The molecule has 90 valence electrons. The Morgan fingerprint density at radius 2 is 2.00 bits per heavy atom. The summed E-state index contributed by atoms with van der Waals surface area (Å²) in [6, 6.07) is 4.41. The maximum atomic E-state index is 6.07. The summed E-state index contributed by atoms with van der Waals surface area (Å²) >= 11 is 6.07. The summed E-state index contributed by atoms with van der Waals surface area (Å²) in [5, 5.41) is 0.769. The van der Waals surface area contributed by atoms with E-state index in [0.29, 0.717) is 6.04 Å². The van der Waals surface area contributed by atoms with Gasteiger partial charge in [0.15, 0.2) is 0 Å². The molecule has 0 heterocycles. The highest BCUT2D eigenvalue weighted by molar-refractivity contribution is 6.30. The van der Waals surface area contributed by atoms with Crippen molar-refractivity contribution in [2.75, 3.05) is 14.2 Å². The summed E-state index contributed by atoms with van der Waals surface area (Å²) < 4.78 is 5.43. The van der Waals surface area contributed by atoms with Crippen LogP contribution in [0.2, 0.25) is 5.02 Å². The van der Waals surface area contributed by atoms with E-state index in [-0.39, 0.29) is 0 Å². The molecule has 0 bridgehead atoms. The predicted octanol–water partition coefficient (Wildman–Crippen LogP) is 3.50. The zero-order valence-corrected chi connectivity index (χ0v) is 11.4. The molecule has 1 aromatic rings. The average Bonchev–Trinajstić information content (AvgIpc) is 2.16. The van der Waals surface area contributed by atoms with Crippen LogP contribution in [0.4, 0.5) is 0 Å². The number of aryl methyl sites for hydroxylation is 1. The summed E-state index contributed by atoms with van der Waals surface area (Å²) in [4.78, 5) is 2.26. The van der Waals surface area contributed by atoms with Gasteiger partial charge in [0.1, 0.15) is 5.75 Å². The third-order valence-corrected chi connectivity index (χ3v) is 3.04. The molecule has 0 aliphatic carbocycles. The van der Waals surface area contributed by atoms with Gasteiger partial charge in [0.05, 0.1) is 7.11 Å². The van der Waals surface area contributed by atoms with E-state index < -0.39 is 0 Å². The maximum absolute atomic E-state index is 6.07. The van der Waals surface area contributed by atoms with Gasteiger partial charge >= 0.3 is 0 Å². The molecule has 0 spiro atoms. The van der Waals surface area contributed by atoms with Crippen LogP contribution in [-0.2, 0) is 6.54 Å². The molecule has 2 nitrogen and oxygen atoms in total. The highest BCUT2D eigenvalue weighted by atomic mass is 35.5. The van der Waals surface area contributed by atoms with Gasteiger partial charge in [-0.25, -0.2) is 0 Å². The molecule has 0 saturated heterocycles. The molecule has 0 radical (unpaired) electrons. The highest BCUT2D eigenvalue weighted by Gasteiger charge is 2.11. The van der Waals surface area contributed by atoms with E-state index in [1.807, 2.05) is 19.1 Å². The molecule has 0 amide bonds. The fourth-order valence-electron chi connectivity index (χ4n) is 1.66. The number of ether oxygens (including phenoxy) is 1. The number of nitrogens with zero attached hydrogens (tertiary/aromatic N) is 1.